The SMILES string of the molecule is CNC(=O)c1ncc(-c2ccccc2)o1. The van der Waals surface area contributed by atoms with Crippen molar-refractivity contribution in [1.29, 1.82) is 0 Å². The minimum atomic E-state index is -0.322. The van der Waals surface area contributed by atoms with Crippen molar-refractivity contribution in [2.45, 2.75) is 0 Å². The van der Waals surface area contributed by atoms with E-state index in [4.69, 9.17) is 4.42 Å². The number of aromatic nitrogens is 1. The molecule has 1 aromatic carbocycles. The summed E-state index contributed by atoms with van der Waals surface area (Å²) in [6.45, 7) is 0. The van der Waals surface area contributed by atoms with Crippen LogP contribution >= 0.6 is 0 Å². The van der Waals surface area contributed by atoms with E-state index in [1.807, 2.05) is 30.3 Å². The van der Waals surface area contributed by atoms with Gasteiger partial charge >= 0.3 is 5.91 Å². The molecule has 0 saturated carbocycles. The third-order valence-electron chi connectivity index (χ3n) is 1.99. The lowest BCUT2D eigenvalue weighted by Gasteiger charge is -1.94. The number of oxazole rings is 1. The Labute approximate surface area is 86.9 Å². The molecule has 2 aromatic rings. The van der Waals surface area contributed by atoms with Crippen LogP contribution in [0, 0.1) is 0 Å². The van der Waals surface area contributed by atoms with Gasteiger partial charge in [0, 0.05) is 12.6 Å². The van der Waals surface area contributed by atoms with E-state index in [-0.39, 0.29) is 11.8 Å². The lowest BCUT2D eigenvalue weighted by atomic mass is 10.2. The second-order valence-corrected chi connectivity index (χ2v) is 2.97. The number of benzene rings is 1. The first kappa shape index (κ1) is 9.45. The molecule has 2 rings (SSSR count). The summed E-state index contributed by atoms with van der Waals surface area (Å²) in [6.07, 6.45) is 1.54. The van der Waals surface area contributed by atoms with Gasteiger partial charge < -0.3 is 9.73 Å². The number of carbonyl (C=O) groups excluding carboxylic acids is 1. The topological polar surface area (TPSA) is 55.1 Å². The molecule has 0 saturated heterocycles. The minimum Gasteiger partial charge on any atom is -0.432 e. The van der Waals surface area contributed by atoms with Gasteiger partial charge in [0.1, 0.15) is 0 Å². The molecule has 1 N–H and O–H groups in total. The molecule has 0 aliphatic rings. The summed E-state index contributed by atoms with van der Waals surface area (Å²) in [4.78, 5) is 15.1. The van der Waals surface area contributed by atoms with Crippen LogP contribution in [0.2, 0.25) is 0 Å². The first-order chi connectivity index (χ1) is 7.31. The van der Waals surface area contributed by atoms with Crippen molar-refractivity contribution in [3.63, 3.8) is 0 Å². The number of carbonyl (C=O) groups is 1. The summed E-state index contributed by atoms with van der Waals surface area (Å²) in [5, 5.41) is 2.45. The molecule has 0 spiro atoms. The van der Waals surface area contributed by atoms with Crippen molar-refractivity contribution >= 4 is 5.91 Å². The monoisotopic (exact) mass is 202 g/mol. The molecule has 0 atom stereocenters. The van der Waals surface area contributed by atoms with Crippen LogP contribution in [-0.4, -0.2) is 17.9 Å². The van der Waals surface area contributed by atoms with Gasteiger partial charge in [-0.15, -0.1) is 0 Å². The lowest BCUT2D eigenvalue weighted by Crippen LogP contribution is -2.17. The average molecular weight is 202 g/mol. The predicted octanol–water partition coefficient (Wildman–Crippen LogP) is 1.70. The van der Waals surface area contributed by atoms with Crippen molar-refractivity contribution in [1.82, 2.24) is 10.3 Å². The summed E-state index contributed by atoms with van der Waals surface area (Å²) in [7, 11) is 1.54. The van der Waals surface area contributed by atoms with E-state index >= 15 is 0 Å². The maximum atomic E-state index is 11.2. The van der Waals surface area contributed by atoms with E-state index < -0.39 is 0 Å². The van der Waals surface area contributed by atoms with Crippen LogP contribution in [0.3, 0.4) is 0 Å². The molecule has 0 bridgehead atoms. The van der Waals surface area contributed by atoms with Gasteiger partial charge in [-0.1, -0.05) is 30.3 Å². The van der Waals surface area contributed by atoms with Crippen LogP contribution in [0.25, 0.3) is 11.3 Å². The fourth-order valence-electron chi connectivity index (χ4n) is 1.22. The highest BCUT2D eigenvalue weighted by atomic mass is 16.4. The molecule has 0 aliphatic carbocycles. The van der Waals surface area contributed by atoms with Crippen molar-refractivity contribution in [3.05, 3.63) is 42.4 Å². The largest absolute Gasteiger partial charge is 0.432 e. The quantitative estimate of drug-likeness (QED) is 0.806. The molecule has 4 heteroatoms. The fourth-order valence-corrected chi connectivity index (χ4v) is 1.22. The number of nitrogens with zero attached hydrogens (tertiary/aromatic N) is 1. The Bertz CT molecular complexity index is 462. The van der Waals surface area contributed by atoms with Gasteiger partial charge in [0.25, 0.3) is 5.89 Å². The zero-order valence-electron chi connectivity index (χ0n) is 8.23. The molecule has 4 nitrogen and oxygen atoms in total. The summed E-state index contributed by atoms with van der Waals surface area (Å²) in [6, 6.07) is 9.51. The zero-order chi connectivity index (χ0) is 10.7. The minimum absolute atomic E-state index is 0.0800. The standard InChI is InChI=1S/C11H10N2O2/c1-12-10(14)11-13-7-9(15-11)8-5-3-2-4-6-8/h2-7H,1H3,(H,12,14). The van der Waals surface area contributed by atoms with Crippen LogP contribution in [0.15, 0.2) is 40.9 Å². The third kappa shape index (κ3) is 1.88. The van der Waals surface area contributed by atoms with E-state index in [0.717, 1.165) is 5.56 Å². The average Bonchev–Trinajstić information content (AvgIpc) is 2.78. The number of nitrogens with one attached hydrogen (secondary N) is 1. The van der Waals surface area contributed by atoms with Crippen molar-refractivity contribution in [2.24, 2.45) is 0 Å². The zero-order valence-corrected chi connectivity index (χ0v) is 8.23. The van der Waals surface area contributed by atoms with E-state index in [1.165, 1.54) is 7.05 Å². The maximum absolute atomic E-state index is 11.2. The van der Waals surface area contributed by atoms with E-state index in [2.05, 4.69) is 10.3 Å². The second kappa shape index (κ2) is 3.96. The maximum Gasteiger partial charge on any atom is 0.306 e. The predicted molar refractivity (Wildman–Crippen MR) is 55.3 cm³/mol. The van der Waals surface area contributed by atoms with Gasteiger partial charge in [0.05, 0.1) is 6.20 Å². The highest BCUT2D eigenvalue weighted by molar-refractivity contribution is 5.89. The Morgan fingerprint density at radius 3 is 2.73 bits per heavy atom. The van der Waals surface area contributed by atoms with Gasteiger partial charge in [-0.05, 0) is 0 Å². The Morgan fingerprint density at radius 2 is 2.07 bits per heavy atom. The first-order valence-electron chi connectivity index (χ1n) is 4.54. The van der Waals surface area contributed by atoms with Gasteiger partial charge in [-0.3, -0.25) is 4.79 Å². The highest BCUT2D eigenvalue weighted by Crippen LogP contribution is 2.19. The molecule has 1 heterocycles. The molecule has 0 fully saturated rings. The normalized spacial score (nSPS) is 9.93. The Morgan fingerprint density at radius 1 is 1.33 bits per heavy atom. The molecular weight excluding hydrogens is 192 g/mol. The number of rotatable bonds is 2. The molecular formula is C11H10N2O2. The van der Waals surface area contributed by atoms with E-state index in [9.17, 15) is 4.79 Å². The number of hydrogen-bond acceptors (Lipinski definition) is 3. The van der Waals surface area contributed by atoms with Crippen LogP contribution < -0.4 is 5.32 Å². The molecule has 0 radical (unpaired) electrons. The number of amides is 1. The first-order valence-corrected chi connectivity index (χ1v) is 4.54. The smallest absolute Gasteiger partial charge is 0.306 e. The van der Waals surface area contributed by atoms with E-state index in [0.29, 0.717) is 5.76 Å². The molecule has 1 aromatic heterocycles. The van der Waals surface area contributed by atoms with Gasteiger partial charge in [-0.2, -0.15) is 0 Å². The molecule has 76 valence electrons. The second-order valence-electron chi connectivity index (χ2n) is 2.97. The molecule has 0 unspecified atom stereocenters. The Hall–Kier alpha value is -2.10. The van der Waals surface area contributed by atoms with Gasteiger partial charge in [0.2, 0.25) is 0 Å². The van der Waals surface area contributed by atoms with Crippen LogP contribution in [0.1, 0.15) is 10.7 Å². The van der Waals surface area contributed by atoms with Crippen LogP contribution in [-0.2, 0) is 0 Å². The third-order valence-corrected chi connectivity index (χ3v) is 1.99. The van der Waals surface area contributed by atoms with Crippen molar-refractivity contribution in [2.75, 3.05) is 7.05 Å². The van der Waals surface area contributed by atoms with Crippen LogP contribution in [0.4, 0.5) is 0 Å². The van der Waals surface area contributed by atoms with Crippen LogP contribution in [0.5, 0.6) is 0 Å². The summed E-state index contributed by atoms with van der Waals surface area (Å²) >= 11 is 0. The summed E-state index contributed by atoms with van der Waals surface area (Å²) < 4.78 is 5.30. The van der Waals surface area contributed by atoms with Crippen molar-refractivity contribution in [3.8, 4) is 11.3 Å². The molecule has 0 aliphatic heterocycles. The van der Waals surface area contributed by atoms with Gasteiger partial charge in [-0.25, -0.2) is 4.98 Å². The highest BCUT2D eigenvalue weighted by Gasteiger charge is 2.11. The molecule has 15 heavy (non-hydrogen) atoms. The summed E-state index contributed by atoms with van der Waals surface area (Å²) in [5.74, 6) is 0.350. The lowest BCUT2D eigenvalue weighted by molar-refractivity contribution is 0.0929. The van der Waals surface area contributed by atoms with Gasteiger partial charge in [0.15, 0.2) is 5.76 Å². The fraction of sp³-hybridized carbons (Fsp3) is 0.0909. The van der Waals surface area contributed by atoms with E-state index in [1.54, 1.807) is 6.20 Å². The summed E-state index contributed by atoms with van der Waals surface area (Å²) in [5.41, 5.74) is 0.903. The Balaban J connectivity index is 2.32. The number of hydrogen-bond donors (Lipinski definition) is 1. The molecule has 1 amide bonds. The Kier molecular flexibility index (Phi) is 2.49. The van der Waals surface area contributed by atoms with Crippen molar-refractivity contribution < 1.29 is 9.21 Å².